The molecule has 1 aliphatic rings. The van der Waals surface area contributed by atoms with Crippen LogP contribution in [-0.2, 0) is 4.79 Å². The van der Waals surface area contributed by atoms with Crippen LogP contribution in [0.4, 0.5) is 0 Å². The Morgan fingerprint density at radius 3 is 2.42 bits per heavy atom. The van der Waals surface area contributed by atoms with Crippen LogP contribution in [-0.4, -0.2) is 28.0 Å². The number of carbonyl (C=O) groups is 1. The summed E-state index contributed by atoms with van der Waals surface area (Å²) >= 11 is 4.50. The number of benzene rings is 2. The summed E-state index contributed by atoms with van der Waals surface area (Å²) in [7, 11) is 1.52. The van der Waals surface area contributed by atoms with Gasteiger partial charge in [0.05, 0.1) is 0 Å². The third kappa shape index (κ3) is 3.07. The predicted molar refractivity (Wildman–Crippen MR) is 105 cm³/mol. The molecule has 2 aromatic carbocycles. The molecule has 0 spiro atoms. The van der Waals surface area contributed by atoms with Crippen LogP contribution in [0.5, 0.6) is 11.5 Å². The number of methoxy groups -OCH3 is 1. The number of alkyl halides is 3. The van der Waals surface area contributed by atoms with Crippen LogP contribution in [0.1, 0.15) is 26.7 Å². The number of hydrogen-bond donors (Lipinski definition) is 2. The molecule has 128 valence electrons. The predicted octanol–water partition coefficient (Wildman–Crippen LogP) is 4.08. The van der Waals surface area contributed by atoms with Crippen LogP contribution in [0.2, 0.25) is 5.02 Å². The number of amides is 1. The van der Waals surface area contributed by atoms with Crippen LogP contribution in [0.15, 0.2) is 36.4 Å². The van der Waals surface area contributed by atoms with E-state index >= 15 is 0 Å². The monoisotopic (exact) mass is 459 g/mol. The molecule has 0 saturated heterocycles. The fourth-order valence-corrected chi connectivity index (χ4v) is 6.34. The Morgan fingerprint density at radius 1 is 1.17 bits per heavy atom. The Labute approximate surface area is 153 Å². The van der Waals surface area contributed by atoms with Gasteiger partial charge in [0.15, 0.2) is 0 Å². The number of halogens is 2. The first-order valence-corrected chi connectivity index (χ1v) is 13.3. The van der Waals surface area contributed by atoms with Gasteiger partial charge < -0.3 is 0 Å². The van der Waals surface area contributed by atoms with Gasteiger partial charge in [0.1, 0.15) is 0 Å². The standard InChI is InChI=1S/C18H19ClINO3/c1-20(2)16-12-9-15(24-3)14(22)8-13(12)17(21-18(16)23)10-4-6-11(19)7-5-10/h4-9,16-17,22H,1-3H3,(H,21,23). The third-order valence-corrected chi connectivity index (χ3v) is 8.11. The summed E-state index contributed by atoms with van der Waals surface area (Å²) in [6, 6.07) is 10.6. The van der Waals surface area contributed by atoms with Crippen molar-refractivity contribution in [2.24, 2.45) is 0 Å². The van der Waals surface area contributed by atoms with Crippen molar-refractivity contribution in [3.63, 3.8) is 0 Å². The molecule has 1 heterocycles. The molecule has 3 rings (SSSR count). The van der Waals surface area contributed by atoms with Gasteiger partial charge in [-0.05, 0) is 0 Å². The molecular weight excluding hydrogens is 441 g/mol. The molecule has 6 heteroatoms. The number of phenols is 1. The second-order valence-electron chi connectivity index (χ2n) is 5.82. The summed E-state index contributed by atoms with van der Waals surface area (Å²) in [5.41, 5.74) is 2.82. The molecule has 2 unspecified atom stereocenters. The number of nitrogens with one attached hydrogen (secondary N) is 1. The summed E-state index contributed by atoms with van der Waals surface area (Å²) < 4.78 is 5.13. The number of fused-ring (bicyclic) bond motifs is 1. The second-order valence-corrected chi connectivity index (χ2v) is 12.2. The zero-order chi connectivity index (χ0) is 17.4. The van der Waals surface area contributed by atoms with Gasteiger partial charge in [-0.25, -0.2) is 0 Å². The number of phenolic OH excluding ortho intramolecular Hbond substituents is 1. The zero-order valence-electron chi connectivity index (χ0n) is 13.6. The summed E-state index contributed by atoms with van der Waals surface area (Å²) in [5.74, 6) is 0.532. The molecule has 0 aromatic heterocycles. The van der Waals surface area contributed by atoms with Crippen molar-refractivity contribution >= 4 is 37.3 Å². The Bertz CT molecular complexity index is 777. The minimum absolute atomic E-state index is 0.0467. The van der Waals surface area contributed by atoms with E-state index in [1.54, 1.807) is 18.2 Å². The number of hydrogen-bond acceptors (Lipinski definition) is 3. The fraction of sp³-hybridized carbons (Fsp3) is 0.278. The van der Waals surface area contributed by atoms with Crippen LogP contribution >= 0.6 is 31.4 Å². The normalized spacial score (nSPS) is 20.2. The van der Waals surface area contributed by atoms with Crippen molar-refractivity contribution in [1.29, 1.82) is 0 Å². The quantitative estimate of drug-likeness (QED) is 0.537. The molecular formula is C18H19ClINO3. The average molecular weight is 460 g/mol. The minimum atomic E-state index is -1.48. The molecule has 0 radical (unpaired) electrons. The van der Waals surface area contributed by atoms with Gasteiger partial charge in [0, 0.05) is 0 Å². The first-order chi connectivity index (χ1) is 11.4. The second kappa shape index (κ2) is 6.80. The van der Waals surface area contributed by atoms with Crippen LogP contribution in [0, 0.1) is 0 Å². The van der Waals surface area contributed by atoms with Gasteiger partial charge in [-0.3, -0.25) is 0 Å². The molecule has 2 N–H and O–H groups in total. The van der Waals surface area contributed by atoms with E-state index in [1.165, 1.54) is 7.11 Å². The average Bonchev–Trinajstić information content (AvgIpc) is 2.54. The molecule has 2 atom stereocenters. The number of aromatic hydroxyl groups is 1. The summed E-state index contributed by atoms with van der Waals surface area (Å²) in [5, 5.41) is 14.0. The van der Waals surface area contributed by atoms with E-state index in [0.29, 0.717) is 10.8 Å². The maximum absolute atomic E-state index is 12.7. The summed E-state index contributed by atoms with van der Waals surface area (Å²) in [6.07, 6.45) is 0. The number of carbonyl (C=O) groups excluding carboxylic acids is 1. The van der Waals surface area contributed by atoms with Gasteiger partial charge in [-0.2, -0.15) is 0 Å². The number of ether oxygens (including phenoxy) is 1. The Morgan fingerprint density at radius 2 is 1.83 bits per heavy atom. The van der Waals surface area contributed by atoms with Gasteiger partial charge in [0.2, 0.25) is 0 Å². The van der Waals surface area contributed by atoms with E-state index < -0.39 is 19.8 Å². The van der Waals surface area contributed by atoms with Gasteiger partial charge in [0.25, 0.3) is 0 Å². The maximum atomic E-state index is 12.7. The first kappa shape index (κ1) is 17.4. The van der Waals surface area contributed by atoms with E-state index in [1.807, 2.05) is 18.2 Å². The Hall–Kier alpha value is -1.47. The molecule has 1 aliphatic heterocycles. The molecule has 0 aliphatic carbocycles. The van der Waals surface area contributed by atoms with Crippen molar-refractivity contribution in [3.05, 3.63) is 58.1 Å². The van der Waals surface area contributed by atoms with Crippen LogP contribution in [0.25, 0.3) is 0 Å². The molecule has 0 saturated carbocycles. The number of rotatable bonds is 3. The van der Waals surface area contributed by atoms with Crippen molar-refractivity contribution < 1.29 is 14.6 Å². The topological polar surface area (TPSA) is 58.6 Å². The van der Waals surface area contributed by atoms with E-state index in [2.05, 4.69) is 15.2 Å². The van der Waals surface area contributed by atoms with Crippen LogP contribution in [0.3, 0.4) is 0 Å². The summed E-state index contributed by atoms with van der Waals surface area (Å²) in [4.78, 5) is 17.1. The zero-order valence-corrected chi connectivity index (χ0v) is 16.6. The molecule has 4 nitrogen and oxygen atoms in total. The Balaban J connectivity index is 2.18. The Kier molecular flexibility index (Phi) is 4.92. The van der Waals surface area contributed by atoms with Gasteiger partial charge in [-0.1, -0.05) is 0 Å². The molecule has 0 bridgehead atoms. The molecule has 0 fully saturated rings. The van der Waals surface area contributed by atoms with Gasteiger partial charge >= 0.3 is 154 Å². The van der Waals surface area contributed by atoms with E-state index in [-0.39, 0.29) is 21.6 Å². The molecule has 2 aromatic rings. The first-order valence-electron chi connectivity index (χ1n) is 7.37. The SMILES string of the molecule is COc1cc2c(cc1O)C(c1ccc(Cl)cc1)NC(=O)C2I(C)C. The fourth-order valence-electron chi connectivity index (χ4n) is 3.02. The molecule has 24 heavy (non-hydrogen) atoms. The molecule has 1 amide bonds. The van der Waals surface area contributed by atoms with Crippen molar-refractivity contribution in [2.45, 2.75) is 9.97 Å². The van der Waals surface area contributed by atoms with Gasteiger partial charge in [-0.15, -0.1) is 0 Å². The van der Waals surface area contributed by atoms with Crippen molar-refractivity contribution in [3.8, 4) is 11.5 Å². The van der Waals surface area contributed by atoms with E-state index in [0.717, 1.165) is 16.7 Å². The summed E-state index contributed by atoms with van der Waals surface area (Å²) in [6.45, 7) is 0. The van der Waals surface area contributed by atoms with E-state index in [4.69, 9.17) is 16.3 Å². The van der Waals surface area contributed by atoms with Crippen LogP contribution < -0.4 is 10.1 Å². The van der Waals surface area contributed by atoms with E-state index in [9.17, 15) is 9.90 Å². The van der Waals surface area contributed by atoms with Crippen molar-refractivity contribution in [1.82, 2.24) is 5.32 Å². The van der Waals surface area contributed by atoms with Crippen molar-refractivity contribution in [2.75, 3.05) is 17.0 Å². The third-order valence-electron chi connectivity index (χ3n) is 4.13.